The van der Waals surface area contributed by atoms with E-state index in [1.807, 2.05) is 12.1 Å². The van der Waals surface area contributed by atoms with Crippen LogP contribution in [0.4, 0.5) is 0 Å². The number of hydrogen-bond donors (Lipinski definition) is 1. The fraction of sp³-hybridized carbons (Fsp3) is 0.294. The molecule has 5 nitrogen and oxygen atoms in total. The van der Waals surface area contributed by atoms with E-state index in [-0.39, 0.29) is 5.91 Å². The molecule has 0 atom stereocenters. The number of hydrogen-bond acceptors (Lipinski definition) is 4. The van der Waals surface area contributed by atoms with Crippen molar-refractivity contribution in [3.63, 3.8) is 0 Å². The lowest BCUT2D eigenvalue weighted by Gasteiger charge is -2.13. The third-order valence-electron chi connectivity index (χ3n) is 3.01. The normalized spacial score (nSPS) is 10.9. The number of aldehydes is 1. The molecule has 0 aliphatic carbocycles. The first-order valence-electron chi connectivity index (χ1n) is 6.93. The second-order valence-corrected chi connectivity index (χ2v) is 4.44. The molecule has 118 valence electrons. The van der Waals surface area contributed by atoms with E-state index in [9.17, 15) is 9.59 Å². The topological polar surface area (TPSA) is 64.6 Å². The summed E-state index contributed by atoms with van der Waals surface area (Å²) in [5.41, 5.74) is 1.81. The van der Waals surface area contributed by atoms with Crippen LogP contribution in [0.2, 0.25) is 0 Å². The van der Waals surface area contributed by atoms with E-state index < -0.39 is 0 Å². The Morgan fingerprint density at radius 2 is 1.91 bits per heavy atom. The third kappa shape index (κ3) is 5.09. The highest BCUT2D eigenvalue weighted by Gasteiger charge is 2.09. The zero-order chi connectivity index (χ0) is 16.4. The molecule has 1 aromatic rings. The van der Waals surface area contributed by atoms with Gasteiger partial charge in [0.1, 0.15) is 6.29 Å². The third-order valence-corrected chi connectivity index (χ3v) is 3.01. The van der Waals surface area contributed by atoms with Crippen LogP contribution in [-0.4, -0.2) is 33.0 Å². The lowest BCUT2D eigenvalue weighted by atomic mass is 10.0. The first-order valence-corrected chi connectivity index (χ1v) is 6.93. The van der Waals surface area contributed by atoms with E-state index in [0.29, 0.717) is 30.8 Å². The fourth-order valence-corrected chi connectivity index (χ4v) is 1.98. The zero-order valence-corrected chi connectivity index (χ0v) is 13.1. The molecule has 0 spiro atoms. The summed E-state index contributed by atoms with van der Waals surface area (Å²) in [6.45, 7) is 2.27. The predicted octanol–water partition coefficient (Wildman–Crippen LogP) is 2.15. The highest BCUT2D eigenvalue weighted by atomic mass is 16.5. The van der Waals surface area contributed by atoms with Gasteiger partial charge in [0, 0.05) is 6.54 Å². The lowest BCUT2D eigenvalue weighted by Crippen LogP contribution is -2.23. The number of nitrogens with one attached hydrogen (secondary N) is 1. The van der Waals surface area contributed by atoms with Crippen LogP contribution in [0.3, 0.4) is 0 Å². The molecule has 0 aliphatic rings. The number of ether oxygens (including phenoxy) is 2. The predicted molar refractivity (Wildman–Crippen MR) is 86.2 cm³/mol. The minimum absolute atomic E-state index is 0.132. The first-order chi connectivity index (χ1) is 10.7. The van der Waals surface area contributed by atoms with Crippen molar-refractivity contribution >= 4 is 18.3 Å². The van der Waals surface area contributed by atoms with Crippen molar-refractivity contribution in [2.24, 2.45) is 0 Å². The van der Waals surface area contributed by atoms with Crippen LogP contribution in [0.15, 0.2) is 30.4 Å². The van der Waals surface area contributed by atoms with E-state index in [0.717, 1.165) is 11.1 Å². The smallest absolute Gasteiger partial charge is 0.243 e. The summed E-state index contributed by atoms with van der Waals surface area (Å²) in [6, 6.07) is 3.66. The maximum Gasteiger partial charge on any atom is 0.243 e. The Balaban J connectivity index is 2.96. The molecule has 0 saturated heterocycles. The van der Waals surface area contributed by atoms with Crippen LogP contribution in [0.5, 0.6) is 11.5 Å². The van der Waals surface area contributed by atoms with Gasteiger partial charge in [0.2, 0.25) is 5.91 Å². The van der Waals surface area contributed by atoms with Crippen LogP contribution in [0.25, 0.3) is 6.08 Å². The second kappa shape index (κ2) is 9.39. The van der Waals surface area contributed by atoms with Gasteiger partial charge in [0.15, 0.2) is 11.5 Å². The van der Waals surface area contributed by atoms with Gasteiger partial charge in [-0.2, -0.15) is 0 Å². The van der Waals surface area contributed by atoms with E-state index in [1.54, 1.807) is 33.3 Å². The molecule has 0 radical (unpaired) electrons. The fourth-order valence-electron chi connectivity index (χ4n) is 1.98. The van der Waals surface area contributed by atoms with Gasteiger partial charge < -0.3 is 14.8 Å². The summed E-state index contributed by atoms with van der Waals surface area (Å²) in [7, 11) is 3.12. The van der Waals surface area contributed by atoms with Crippen molar-refractivity contribution in [1.29, 1.82) is 0 Å². The van der Waals surface area contributed by atoms with Crippen LogP contribution in [0.1, 0.15) is 18.1 Å². The highest BCUT2D eigenvalue weighted by Crippen LogP contribution is 2.31. The highest BCUT2D eigenvalue weighted by molar-refractivity contribution is 5.87. The van der Waals surface area contributed by atoms with E-state index in [1.165, 1.54) is 12.2 Å². The summed E-state index contributed by atoms with van der Waals surface area (Å²) >= 11 is 0. The SMILES string of the molecule is C/C=C/C(=O)NCCc1cc(OC)c(OC)cc1/C=C/C=O. The zero-order valence-electron chi connectivity index (χ0n) is 13.1. The summed E-state index contributed by atoms with van der Waals surface area (Å²) in [6.07, 6.45) is 7.61. The number of methoxy groups -OCH3 is 2. The summed E-state index contributed by atoms with van der Waals surface area (Å²) in [5, 5.41) is 2.79. The molecule has 0 fully saturated rings. The average Bonchev–Trinajstić information content (AvgIpc) is 2.53. The van der Waals surface area contributed by atoms with Crippen LogP contribution in [-0.2, 0) is 16.0 Å². The number of carbonyl (C=O) groups excluding carboxylic acids is 2. The molecule has 22 heavy (non-hydrogen) atoms. The molecule has 0 saturated carbocycles. The van der Waals surface area contributed by atoms with Crippen molar-refractivity contribution in [3.05, 3.63) is 41.5 Å². The molecule has 1 amide bonds. The Labute approximate surface area is 130 Å². The molecule has 0 bridgehead atoms. The van der Waals surface area contributed by atoms with Crippen molar-refractivity contribution in [1.82, 2.24) is 5.32 Å². The lowest BCUT2D eigenvalue weighted by molar-refractivity contribution is -0.116. The second-order valence-electron chi connectivity index (χ2n) is 4.44. The Morgan fingerprint density at radius 1 is 1.23 bits per heavy atom. The van der Waals surface area contributed by atoms with Crippen molar-refractivity contribution in [2.75, 3.05) is 20.8 Å². The van der Waals surface area contributed by atoms with Gasteiger partial charge in [-0.1, -0.05) is 12.2 Å². The minimum atomic E-state index is -0.132. The maximum atomic E-state index is 11.4. The first kappa shape index (κ1) is 17.5. The standard InChI is InChI=1S/C17H21NO4/c1-4-6-17(20)18-9-8-14-12-16(22-3)15(21-2)11-13(14)7-5-10-19/h4-7,10-12H,8-9H2,1-3H3,(H,18,20)/b6-4+,7-5+. The number of amides is 1. The molecule has 1 rings (SSSR count). The van der Waals surface area contributed by atoms with Gasteiger partial charge in [-0.05, 0) is 48.8 Å². The van der Waals surface area contributed by atoms with Crippen LogP contribution in [0, 0.1) is 0 Å². The molecule has 1 aromatic carbocycles. The Kier molecular flexibility index (Phi) is 7.47. The molecule has 0 heterocycles. The van der Waals surface area contributed by atoms with Gasteiger partial charge in [-0.15, -0.1) is 0 Å². The Morgan fingerprint density at radius 3 is 2.50 bits per heavy atom. The molecule has 0 aromatic heterocycles. The number of rotatable bonds is 8. The van der Waals surface area contributed by atoms with Gasteiger partial charge in [0.05, 0.1) is 14.2 Å². The van der Waals surface area contributed by atoms with Gasteiger partial charge >= 0.3 is 0 Å². The van der Waals surface area contributed by atoms with Crippen molar-refractivity contribution in [2.45, 2.75) is 13.3 Å². The summed E-state index contributed by atoms with van der Waals surface area (Å²) in [4.78, 5) is 21.9. The van der Waals surface area contributed by atoms with E-state index in [4.69, 9.17) is 9.47 Å². The Bertz CT molecular complexity index is 576. The van der Waals surface area contributed by atoms with E-state index in [2.05, 4.69) is 5.32 Å². The summed E-state index contributed by atoms with van der Waals surface area (Å²) < 4.78 is 10.5. The molecule has 0 unspecified atom stereocenters. The van der Waals surface area contributed by atoms with E-state index >= 15 is 0 Å². The molecule has 0 aliphatic heterocycles. The van der Waals surface area contributed by atoms with Gasteiger partial charge in [0.25, 0.3) is 0 Å². The van der Waals surface area contributed by atoms with Crippen LogP contribution >= 0.6 is 0 Å². The average molecular weight is 303 g/mol. The Hall–Kier alpha value is -2.56. The molecule has 1 N–H and O–H groups in total. The maximum absolute atomic E-state index is 11.4. The number of benzene rings is 1. The molecular formula is C17H21NO4. The monoisotopic (exact) mass is 303 g/mol. The molecule has 5 heteroatoms. The van der Waals surface area contributed by atoms with Crippen molar-refractivity contribution in [3.8, 4) is 11.5 Å². The van der Waals surface area contributed by atoms with Gasteiger partial charge in [-0.3, -0.25) is 9.59 Å². The minimum Gasteiger partial charge on any atom is -0.493 e. The molecular weight excluding hydrogens is 282 g/mol. The summed E-state index contributed by atoms with van der Waals surface area (Å²) in [5.74, 6) is 1.07. The largest absolute Gasteiger partial charge is 0.493 e. The van der Waals surface area contributed by atoms with Crippen molar-refractivity contribution < 1.29 is 19.1 Å². The van der Waals surface area contributed by atoms with Crippen LogP contribution < -0.4 is 14.8 Å². The number of allylic oxidation sites excluding steroid dienone is 2. The van der Waals surface area contributed by atoms with Gasteiger partial charge in [-0.25, -0.2) is 0 Å². The number of carbonyl (C=O) groups is 2. The quantitative estimate of drug-likeness (QED) is 0.590.